The molecule has 0 atom stereocenters. The molecular formula is C26H26N4O7S. The van der Waals surface area contributed by atoms with E-state index in [9.17, 15) is 19.2 Å². The second-order valence-electron chi connectivity index (χ2n) is 8.05. The van der Waals surface area contributed by atoms with Gasteiger partial charge in [0.2, 0.25) is 11.7 Å². The number of nitrogens with one attached hydrogen (secondary N) is 2. The van der Waals surface area contributed by atoms with Crippen molar-refractivity contribution in [3.05, 3.63) is 64.7 Å². The van der Waals surface area contributed by atoms with Crippen molar-refractivity contribution < 1.29 is 33.4 Å². The van der Waals surface area contributed by atoms with E-state index in [4.69, 9.17) is 14.2 Å². The molecule has 38 heavy (non-hydrogen) atoms. The van der Waals surface area contributed by atoms with E-state index < -0.39 is 17.1 Å². The number of benzene rings is 2. The first-order chi connectivity index (χ1) is 18.4. The monoisotopic (exact) mass is 538 g/mol. The molecule has 2 aliphatic heterocycles. The van der Waals surface area contributed by atoms with Gasteiger partial charge in [0, 0.05) is 19.5 Å². The molecule has 12 heteroatoms. The van der Waals surface area contributed by atoms with Crippen molar-refractivity contribution >= 4 is 46.5 Å². The number of thioether (sulfide) groups is 1. The lowest BCUT2D eigenvalue weighted by Crippen LogP contribution is -2.49. The SMILES string of the molecule is COc1cc(/C=C2/SC(=O)N(CCNC(=O)C3=CCC(=O)N(c4ccccc4)N3)C2=O)cc(OC)c1OC. The Hall–Kier alpha value is -4.45. The number of nitrogens with zero attached hydrogens (tertiary/aromatic N) is 2. The molecule has 0 saturated carbocycles. The maximum atomic E-state index is 12.9. The summed E-state index contributed by atoms with van der Waals surface area (Å²) in [4.78, 5) is 51.7. The summed E-state index contributed by atoms with van der Waals surface area (Å²) in [5, 5.41) is 3.54. The molecule has 0 aromatic heterocycles. The number of anilines is 1. The van der Waals surface area contributed by atoms with Crippen molar-refractivity contribution in [3.8, 4) is 17.2 Å². The molecule has 0 unspecified atom stereocenters. The van der Waals surface area contributed by atoms with Crippen LogP contribution in [0, 0.1) is 0 Å². The Morgan fingerprint density at radius 3 is 2.37 bits per heavy atom. The highest BCUT2D eigenvalue weighted by Crippen LogP contribution is 2.40. The van der Waals surface area contributed by atoms with Crippen LogP contribution in [0.3, 0.4) is 0 Å². The average molecular weight is 539 g/mol. The highest BCUT2D eigenvalue weighted by Gasteiger charge is 2.35. The number of imide groups is 1. The first kappa shape index (κ1) is 26.6. The van der Waals surface area contributed by atoms with Crippen LogP contribution in [0.1, 0.15) is 12.0 Å². The molecular weight excluding hydrogens is 512 g/mol. The summed E-state index contributed by atoms with van der Waals surface area (Å²) in [6.45, 7) is 0.0181. The van der Waals surface area contributed by atoms with E-state index in [1.165, 1.54) is 32.4 Å². The van der Waals surface area contributed by atoms with Crippen molar-refractivity contribution in [2.75, 3.05) is 39.4 Å². The molecule has 2 N–H and O–H groups in total. The minimum absolute atomic E-state index is 0.0163. The van der Waals surface area contributed by atoms with Crippen molar-refractivity contribution in [2.45, 2.75) is 6.42 Å². The summed E-state index contributed by atoms with van der Waals surface area (Å²) in [7, 11) is 4.46. The lowest BCUT2D eigenvalue weighted by molar-refractivity contribution is -0.124. The smallest absolute Gasteiger partial charge is 0.293 e. The van der Waals surface area contributed by atoms with Gasteiger partial charge >= 0.3 is 0 Å². The molecule has 0 aliphatic carbocycles. The molecule has 4 rings (SSSR count). The first-order valence-corrected chi connectivity index (χ1v) is 12.4. The van der Waals surface area contributed by atoms with Gasteiger partial charge in [-0.2, -0.15) is 0 Å². The maximum absolute atomic E-state index is 12.9. The van der Waals surface area contributed by atoms with Crippen LogP contribution in [0.2, 0.25) is 0 Å². The fourth-order valence-corrected chi connectivity index (χ4v) is 4.71. The zero-order valence-electron chi connectivity index (χ0n) is 21.0. The second kappa shape index (κ2) is 11.7. The predicted octanol–water partition coefficient (Wildman–Crippen LogP) is 2.69. The van der Waals surface area contributed by atoms with Crippen LogP contribution in [-0.4, -0.2) is 62.3 Å². The minimum Gasteiger partial charge on any atom is -0.493 e. The van der Waals surface area contributed by atoms with Crippen molar-refractivity contribution in [3.63, 3.8) is 0 Å². The van der Waals surface area contributed by atoms with Gasteiger partial charge in [0.25, 0.3) is 17.1 Å². The largest absolute Gasteiger partial charge is 0.493 e. The highest BCUT2D eigenvalue weighted by atomic mass is 32.2. The lowest BCUT2D eigenvalue weighted by atomic mass is 10.1. The summed E-state index contributed by atoms with van der Waals surface area (Å²) >= 11 is 0.804. The third-order valence-corrected chi connectivity index (χ3v) is 6.61. The number of carbonyl (C=O) groups excluding carboxylic acids is 4. The number of hydrazine groups is 1. The van der Waals surface area contributed by atoms with Gasteiger partial charge in [-0.15, -0.1) is 0 Å². The quantitative estimate of drug-likeness (QED) is 0.464. The fraction of sp³-hybridized carbons (Fsp3) is 0.231. The van der Waals surface area contributed by atoms with E-state index in [0.29, 0.717) is 28.5 Å². The van der Waals surface area contributed by atoms with E-state index in [1.54, 1.807) is 42.5 Å². The third kappa shape index (κ3) is 5.59. The molecule has 0 radical (unpaired) electrons. The molecule has 0 bridgehead atoms. The van der Waals surface area contributed by atoms with Crippen molar-refractivity contribution in [2.24, 2.45) is 0 Å². The average Bonchev–Trinajstić information content (AvgIpc) is 3.20. The van der Waals surface area contributed by atoms with Crippen molar-refractivity contribution in [1.82, 2.24) is 15.6 Å². The number of amides is 4. The molecule has 11 nitrogen and oxygen atoms in total. The van der Waals surface area contributed by atoms with Gasteiger partial charge in [-0.1, -0.05) is 18.2 Å². The maximum Gasteiger partial charge on any atom is 0.293 e. The zero-order valence-corrected chi connectivity index (χ0v) is 21.8. The molecule has 0 spiro atoms. The van der Waals surface area contributed by atoms with Gasteiger partial charge in [-0.3, -0.25) is 29.5 Å². The van der Waals surface area contributed by atoms with E-state index in [-0.39, 0.29) is 36.0 Å². The van der Waals surface area contributed by atoms with Crippen LogP contribution in [0.25, 0.3) is 6.08 Å². The number of hydrogen-bond acceptors (Lipinski definition) is 9. The van der Waals surface area contributed by atoms with Gasteiger partial charge in [-0.25, -0.2) is 5.01 Å². The highest BCUT2D eigenvalue weighted by molar-refractivity contribution is 8.18. The van der Waals surface area contributed by atoms with Crippen LogP contribution < -0.4 is 30.0 Å². The standard InChI is InChI=1S/C26H26N4O7S/c1-35-19-13-16(14-20(36-2)23(19)37-3)15-21-25(33)29(26(34)38-21)12-11-27-24(32)18-9-10-22(31)30(28-18)17-7-5-4-6-8-17/h4-9,13-15,28H,10-12H2,1-3H3,(H,27,32)/b21-15+. The fourth-order valence-electron chi connectivity index (χ4n) is 3.84. The molecule has 1 saturated heterocycles. The number of rotatable bonds is 9. The van der Waals surface area contributed by atoms with Crippen molar-refractivity contribution in [1.29, 1.82) is 0 Å². The summed E-state index contributed by atoms with van der Waals surface area (Å²) in [5.41, 5.74) is 4.21. The normalized spacial score (nSPS) is 16.3. The van der Waals surface area contributed by atoms with E-state index in [0.717, 1.165) is 16.7 Å². The van der Waals surface area contributed by atoms with E-state index in [1.807, 2.05) is 6.07 Å². The third-order valence-electron chi connectivity index (χ3n) is 5.70. The Morgan fingerprint density at radius 2 is 1.74 bits per heavy atom. The van der Waals surface area contributed by atoms with E-state index in [2.05, 4.69) is 10.7 Å². The topological polar surface area (TPSA) is 127 Å². The zero-order chi connectivity index (χ0) is 27.2. The molecule has 4 amide bonds. The Kier molecular flexibility index (Phi) is 8.22. The number of methoxy groups -OCH3 is 3. The van der Waals surface area contributed by atoms with Crippen LogP contribution in [0.15, 0.2) is 59.1 Å². The Labute approximate surface area is 223 Å². The van der Waals surface area contributed by atoms with Gasteiger partial charge in [0.15, 0.2) is 11.5 Å². The van der Waals surface area contributed by atoms with Gasteiger partial charge < -0.3 is 19.5 Å². The summed E-state index contributed by atoms with van der Waals surface area (Å²) in [5.74, 6) is 0.105. The minimum atomic E-state index is -0.473. The Morgan fingerprint density at radius 1 is 1.05 bits per heavy atom. The Balaban J connectivity index is 1.38. The Bertz CT molecular complexity index is 1300. The first-order valence-electron chi connectivity index (χ1n) is 11.5. The van der Waals surface area contributed by atoms with Crippen LogP contribution in [-0.2, 0) is 14.4 Å². The van der Waals surface area contributed by atoms with Crippen LogP contribution in [0.5, 0.6) is 17.2 Å². The number of para-hydroxylation sites is 1. The molecule has 1 fully saturated rings. The van der Waals surface area contributed by atoms with Gasteiger partial charge in [0.05, 0.1) is 31.9 Å². The molecule has 2 aromatic rings. The number of hydrogen-bond donors (Lipinski definition) is 2. The second-order valence-corrected chi connectivity index (χ2v) is 9.04. The predicted molar refractivity (Wildman–Crippen MR) is 142 cm³/mol. The van der Waals surface area contributed by atoms with E-state index >= 15 is 0 Å². The van der Waals surface area contributed by atoms with Gasteiger partial charge in [0.1, 0.15) is 5.70 Å². The molecule has 2 aliphatic rings. The summed E-state index contributed by atoms with van der Waals surface area (Å²) in [6.07, 6.45) is 3.12. The number of ether oxygens (including phenoxy) is 3. The molecule has 2 aromatic carbocycles. The molecule has 198 valence electrons. The van der Waals surface area contributed by atoms with Crippen LogP contribution in [0.4, 0.5) is 10.5 Å². The summed E-state index contributed by atoms with van der Waals surface area (Å²) in [6, 6.07) is 12.2. The number of carbonyl (C=O) groups is 4. The van der Waals surface area contributed by atoms with Gasteiger partial charge in [-0.05, 0) is 53.7 Å². The van der Waals surface area contributed by atoms with Crippen LogP contribution >= 0.6 is 11.8 Å². The molecule has 2 heterocycles. The lowest BCUT2D eigenvalue weighted by Gasteiger charge is -2.28. The summed E-state index contributed by atoms with van der Waals surface area (Å²) < 4.78 is 16.0.